The molecule has 1 aliphatic carbocycles. The van der Waals surface area contributed by atoms with Gasteiger partial charge in [0.15, 0.2) is 0 Å². The lowest BCUT2D eigenvalue weighted by atomic mass is 9.77. The molecule has 128 valence electrons. The van der Waals surface area contributed by atoms with Crippen molar-refractivity contribution in [2.75, 3.05) is 5.32 Å². The average Bonchev–Trinajstić information content (AvgIpc) is 2.93. The minimum Gasteiger partial charge on any atom is -0.490 e. The largest absolute Gasteiger partial charge is 0.490 e. The van der Waals surface area contributed by atoms with E-state index in [-0.39, 0.29) is 12.0 Å². The van der Waals surface area contributed by atoms with Crippen LogP contribution < -0.4 is 10.1 Å². The normalized spacial score (nSPS) is 19.4. The highest BCUT2D eigenvalue weighted by atomic mass is 16.5. The summed E-state index contributed by atoms with van der Waals surface area (Å²) in [6.07, 6.45) is 4.17. The van der Waals surface area contributed by atoms with Crippen molar-refractivity contribution in [2.24, 2.45) is 0 Å². The number of ether oxygens (including phenoxy) is 1. The molecule has 1 aliphatic rings. The second-order valence-electron chi connectivity index (χ2n) is 6.91. The van der Waals surface area contributed by atoms with Gasteiger partial charge in [0.05, 0.1) is 11.8 Å². The Labute approximate surface area is 147 Å². The van der Waals surface area contributed by atoms with Crippen LogP contribution in [0.25, 0.3) is 10.9 Å². The third-order valence-corrected chi connectivity index (χ3v) is 4.91. The molecule has 4 rings (SSSR count). The van der Waals surface area contributed by atoms with Gasteiger partial charge in [0.25, 0.3) is 0 Å². The summed E-state index contributed by atoms with van der Waals surface area (Å²) >= 11 is 0. The number of hydrogen-bond acceptors (Lipinski definition) is 2. The molecule has 2 aromatic carbocycles. The molecule has 1 fully saturated rings. The van der Waals surface area contributed by atoms with Crippen LogP contribution in [0.4, 0.5) is 5.69 Å². The van der Waals surface area contributed by atoms with Gasteiger partial charge in [-0.1, -0.05) is 29.8 Å². The third kappa shape index (κ3) is 3.25. The van der Waals surface area contributed by atoms with Crippen molar-refractivity contribution in [2.45, 2.75) is 38.7 Å². The number of aromatic nitrogens is 1. The SMILES string of the molecule is CC(=O)Nc1c[nH]c2ccc(O[C@H]3C[C@H](c4ccc(C)cc4)C3)cc12. The van der Waals surface area contributed by atoms with E-state index in [2.05, 4.69) is 41.5 Å². The maximum atomic E-state index is 11.3. The summed E-state index contributed by atoms with van der Waals surface area (Å²) in [5.74, 6) is 1.37. The fourth-order valence-corrected chi connectivity index (χ4v) is 3.43. The molecule has 1 heterocycles. The highest BCUT2D eigenvalue weighted by Gasteiger charge is 2.32. The Morgan fingerprint density at radius 1 is 1.16 bits per heavy atom. The van der Waals surface area contributed by atoms with Gasteiger partial charge in [-0.2, -0.15) is 0 Å². The molecular weight excluding hydrogens is 312 g/mol. The number of aromatic amines is 1. The Morgan fingerprint density at radius 3 is 2.64 bits per heavy atom. The number of rotatable bonds is 4. The van der Waals surface area contributed by atoms with Crippen LogP contribution in [0.1, 0.15) is 36.8 Å². The van der Waals surface area contributed by atoms with Crippen LogP contribution in [0.3, 0.4) is 0 Å². The minimum absolute atomic E-state index is 0.0767. The Bertz CT molecular complexity index is 905. The van der Waals surface area contributed by atoms with Gasteiger partial charge in [0, 0.05) is 24.0 Å². The highest BCUT2D eigenvalue weighted by molar-refractivity contribution is 6.01. The molecule has 25 heavy (non-hydrogen) atoms. The molecule has 0 bridgehead atoms. The van der Waals surface area contributed by atoms with E-state index in [1.54, 1.807) is 0 Å². The first-order chi connectivity index (χ1) is 12.1. The Kier molecular flexibility index (Phi) is 3.96. The van der Waals surface area contributed by atoms with Gasteiger partial charge in [0.2, 0.25) is 5.91 Å². The number of amides is 1. The van der Waals surface area contributed by atoms with Gasteiger partial charge in [-0.15, -0.1) is 0 Å². The number of benzene rings is 2. The second kappa shape index (κ2) is 6.28. The van der Waals surface area contributed by atoms with Crippen LogP contribution in [-0.4, -0.2) is 17.0 Å². The summed E-state index contributed by atoms with van der Waals surface area (Å²) in [5, 5.41) is 3.82. The number of carbonyl (C=O) groups is 1. The van der Waals surface area contributed by atoms with E-state index in [1.165, 1.54) is 18.1 Å². The lowest BCUT2D eigenvalue weighted by molar-refractivity contribution is -0.114. The number of fused-ring (bicyclic) bond motifs is 1. The van der Waals surface area contributed by atoms with Crippen molar-refractivity contribution in [1.82, 2.24) is 4.98 Å². The van der Waals surface area contributed by atoms with E-state index in [1.807, 2.05) is 24.4 Å². The number of carbonyl (C=O) groups excluding carboxylic acids is 1. The third-order valence-electron chi connectivity index (χ3n) is 4.91. The summed E-state index contributed by atoms with van der Waals surface area (Å²) in [6.45, 7) is 3.63. The molecular formula is C21H22N2O2. The maximum Gasteiger partial charge on any atom is 0.221 e. The van der Waals surface area contributed by atoms with Crippen LogP contribution in [-0.2, 0) is 4.79 Å². The molecule has 0 radical (unpaired) electrons. The molecule has 0 aliphatic heterocycles. The van der Waals surface area contributed by atoms with Gasteiger partial charge in [-0.25, -0.2) is 0 Å². The Morgan fingerprint density at radius 2 is 1.92 bits per heavy atom. The van der Waals surface area contributed by atoms with E-state index in [0.717, 1.165) is 35.2 Å². The second-order valence-corrected chi connectivity index (χ2v) is 6.91. The molecule has 0 atom stereocenters. The Balaban J connectivity index is 1.43. The maximum absolute atomic E-state index is 11.3. The van der Waals surface area contributed by atoms with Crippen molar-refractivity contribution in [3.63, 3.8) is 0 Å². The van der Waals surface area contributed by atoms with Crippen LogP contribution in [0.2, 0.25) is 0 Å². The zero-order valence-electron chi connectivity index (χ0n) is 14.5. The predicted molar refractivity (Wildman–Crippen MR) is 100 cm³/mol. The summed E-state index contributed by atoms with van der Waals surface area (Å²) < 4.78 is 6.14. The van der Waals surface area contributed by atoms with Crippen molar-refractivity contribution in [1.29, 1.82) is 0 Å². The summed E-state index contributed by atoms with van der Waals surface area (Å²) in [7, 11) is 0. The fraction of sp³-hybridized carbons (Fsp3) is 0.286. The van der Waals surface area contributed by atoms with Gasteiger partial charge >= 0.3 is 0 Å². The molecule has 1 amide bonds. The van der Waals surface area contributed by atoms with Crippen molar-refractivity contribution >= 4 is 22.5 Å². The molecule has 4 nitrogen and oxygen atoms in total. The number of nitrogens with one attached hydrogen (secondary N) is 2. The summed E-state index contributed by atoms with van der Waals surface area (Å²) in [6, 6.07) is 14.8. The predicted octanol–water partition coefficient (Wildman–Crippen LogP) is 4.76. The number of aryl methyl sites for hydroxylation is 1. The van der Waals surface area contributed by atoms with Crippen molar-refractivity contribution in [3.05, 3.63) is 59.8 Å². The van der Waals surface area contributed by atoms with Crippen molar-refractivity contribution < 1.29 is 9.53 Å². The minimum atomic E-state index is -0.0767. The van der Waals surface area contributed by atoms with E-state index in [4.69, 9.17) is 4.74 Å². The first-order valence-corrected chi connectivity index (χ1v) is 8.70. The molecule has 2 N–H and O–H groups in total. The molecule has 0 saturated heterocycles. The summed E-state index contributed by atoms with van der Waals surface area (Å²) in [4.78, 5) is 14.5. The molecule has 1 aromatic heterocycles. The average molecular weight is 334 g/mol. The molecule has 1 saturated carbocycles. The van der Waals surface area contributed by atoms with Gasteiger partial charge < -0.3 is 15.0 Å². The van der Waals surface area contributed by atoms with Crippen LogP contribution in [0.15, 0.2) is 48.7 Å². The number of hydrogen-bond donors (Lipinski definition) is 2. The van der Waals surface area contributed by atoms with Crippen molar-refractivity contribution in [3.8, 4) is 5.75 Å². The lowest BCUT2D eigenvalue weighted by Gasteiger charge is -2.35. The van der Waals surface area contributed by atoms with Gasteiger partial charge in [-0.3, -0.25) is 4.79 Å². The van der Waals surface area contributed by atoms with Gasteiger partial charge in [-0.05, 0) is 49.4 Å². The smallest absolute Gasteiger partial charge is 0.221 e. The van der Waals surface area contributed by atoms with E-state index in [0.29, 0.717) is 5.92 Å². The topological polar surface area (TPSA) is 54.1 Å². The van der Waals surface area contributed by atoms with Crippen LogP contribution in [0.5, 0.6) is 5.75 Å². The van der Waals surface area contributed by atoms with Gasteiger partial charge in [0.1, 0.15) is 5.75 Å². The van der Waals surface area contributed by atoms with E-state index < -0.39 is 0 Å². The fourth-order valence-electron chi connectivity index (χ4n) is 3.43. The summed E-state index contributed by atoms with van der Waals surface area (Å²) in [5.41, 5.74) is 4.48. The molecule has 0 spiro atoms. The number of H-pyrrole nitrogens is 1. The van der Waals surface area contributed by atoms with Crippen LogP contribution >= 0.6 is 0 Å². The first kappa shape index (κ1) is 15.8. The lowest BCUT2D eigenvalue weighted by Crippen LogP contribution is -2.32. The Hall–Kier alpha value is -2.75. The molecule has 0 unspecified atom stereocenters. The quantitative estimate of drug-likeness (QED) is 0.723. The zero-order valence-corrected chi connectivity index (χ0v) is 14.5. The van der Waals surface area contributed by atoms with E-state index >= 15 is 0 Å². The zero-order chi connectivity index (χ0) is 17.4. The van der Waals surface area contributed by atoms with Crippen LogP contribution in [0, 0.1) is 6.92 Å². The molecule has 4 heteroatoms. The molecule has 3 aromatic rings. The monoisotopic (exact) mass is 334 g/mol. The number of anilines is 1. The standard InChI is InChI=1S/C21H22N2O2/c1-13-3-5-15(6-4-13)16-9-18(10-16)25-17-7-8-20-19(11-17)21(12-22-20)23-14(2)24/h3-8,11-12,16,18,22H,9-10H2,1-2H3,(H,23,24)/t16-,18-. The first-order valence-electron chi connectivity index (χ1n) is 8.70. The van der Waals surface area contributed by atoms with E-state index in [9.17, 15) is 4.79 Å². The highest BCUT2D eigenvalue weighted by Crippen LogP contribution is 2.39.